The van der Waals surface area contributed by atoms with E-state index in [1.807, 2.05) is 175 Å². The van der Waals surface area contributed by atoms with Crippen molar-refractivity contribution in [2.24, 2.45) is 0 Å². The van der Waals surface area contributed by atoms with E-state index in [2.05, 4.69) is 71.3 Å². The van der Waals surface area contributed by atoms with E-state index in [9.17, 15) is 28.8 Å². The van der Waals surface area contributed by atoms with Crippen molar-refractivity contribution in [2.75, 3.05) is 89.4 Å². The van der Waals surface area contributed by atoms with Crippen molar-refractivity contribution in [1.29, 1.82) is 0 Å². The molecule has 0 saturated carbocycles. The molecule has 4 aliphatic heterocycles. The number of hydrogen-bond donors (Lipinski definition) is 2. The number of carbonyl (C=O) groups is 6. The zero-order chi connectivity index (χ0) is 78.3. The van der Waals surface area contributed by atoms with Gasteiger partial charge in [0.2, 0.25) is 0 Å². The summed E-state index contributed by atoms with van der Waals surface area (Å²) in [5, 5.41) is 7.01. The normalized spacial score (nSPS) is 16.7. The number of anilines is 3. The van der Waals surface area contributed by atoms with Crippen LogP contribution in [0.4, 0.5) is 31.4 Å². The first-order chi connectivity index (χ1) is 52.2. The minimum Gasteiger partial charge on any atom is -0.493 e. The zero-order valence-corrected chi connectivity index (χ0v) is 65.6. The van der Waals surface area contributed by atoms with Crippen molar-refractivity contribution < 1.29 is 61.9 Å². The molecule has 109 heavy (non-hydrogen) atoms. The van der Waals surface area contributed by atoms with Gasteiger partial charge in [-0.15, -0.1) is 0 Å². The summed E-state index contributed by atoms with van der Waals surface area (Å²) in [4.78, 5) is 84.0. The van der Waals surface area contributed by atoms with E-state index in [1.54, 1.807) is 74.6 Å². The highest BCUT2D eigenvalue weighted by Gasteiger charge is 2.37. The number of amides is 5. The minimum absolute atomic E-state index is 0.0557. The van der Waals surface area contributed by atoms with Crippen LogP contribution in [0, 0.1) is 0 Å². The molecule has 0 radical (unpaired) electrons. The Hall–Kier alpha value is -10.9. The third kappa shape index (κ3) is 23.8. The Morgan fingerprint density at radius 1 is 0.422 bits per heavy atom. The van der Waals surface area contributed by atoms with Gasteiger partial charge < -0.3 is 68.2 Å². The van der Waals surface area contributed by atoms with Crippen molar-refractivity contribution in [3.05, 3.63) is 211 Å². The minimum atomic E-state index is -0.594. The average Bonchev–Trinajstić information content (AvgIpc) is 1.53. The van der Waals surface area contributed by atoms with Gasteiger partial charge in [-0.3, -0.25) is 14.5 Å². The van der Waals surface area contributed by atoms with Crippen LogP contribution in [0.25, 0.3) is 33.4 Å². The van der Waals surface area contributed by atoms with Gasteiger partial charge in [-0.2, -0.15) is 0 Å². The van der Waals surface area contributed by atoms with Gasteiger partial charge in [-0.1, -0.05) is 127 Å². The molecule has 4 aliphatic rings. The molecule has 0 unspecified atom stereocenters. The number of methoxy groups -OCH3 is 4. The summed E-state index contributed by atoms with van der Waals surface area (Å²) in [7, 11) is 6.28. The third-order valence-corrected chi connectivity index (χ3v) is 18.8. The van der Waals surface area contributed by atoms with Crippen LogP contribution >= 0.6 is 0 Å². The molecule has 5 amide bonds. The van der Waals surface area contributed by atoms with Crippen molar-refractivity contribution in [3.8, 4) is 56.4 Å². The first-order valence-electron chi connectivity index (χ1n) is 37.7. The monoisotopic (exact) mass is 1480 g/mol. The summed E-state index contributed by atoms with van der Waals surface area (Å²) in [6.07, 6.45) is 7.37. The average molecular weight is 1480 g/mol. The molecule has 20 nitrogen and oxygen atoms in total. The van der Waals surface area contributed by atoms with E-state index in [0.29, 0.717) is 60.3 Å². The van der Waals surface area contributed by atoms with Crippen LogP contribution in [0.15, 0.2) is 200 Å². The highest BCUT2D eigenvalue weighted by atomic mass is 16.6. The maximum Gasteiger partial charge on any atom is 0.410 e. The summed E-state index contributed by atoms with van der Waals surface area (Å²) in [5.74, 6) is 1.94. The van der Waals surface area contributed by atoms with Crippen LogP contribution in [0.1, 0.15) is 134 Å². The maximum atomic E-state index is 14.0. The van der Waals surface area contributed by atoms with Gasteiger partial charge in [-0.05, 0) is 226 Å². The second kappa shape index (κ2) is 38.8. The molecule has 4 heterocycles. The quantitative estimate of drug-likeness (QED) is 0.0570. The van der Waals surface area contributed by atoms with Crippen LogP contribution in [-0.2, 0) is 19.0 Å². The number of benzene rings is 8. The largest absolute Gasteiger partial charge is 0.493 e. The number of likely N-dealkylation sites (tertiary alicyclic amines) is 3. The number of nitrogens with zero attached hydrogens (tertiary/aromatic N) is 5. The van der Waals surface area contributed by atoms with E-state index in [1.165, 1.54) is 16.0 Å². The summed E-state index contributed by atoms with van der Waals surface area (Å²) >= 11 is 0. The Morgan fingerprint density at radius 2 is 0.817 bits per heavy atom. The van der Waals surface area contributed by atoms with Gasteiger partial charge in [0.25, 0.3) is 11.8 Å². The molecule has 0 spiro atoms. The van der Waals surface area contributed by atoms with Gasteiger partial charge in [0.1, 0.15) is 23.1 Å². The van der Waals surface area contributed by atoms with Gasteiger partial charge >= 0.3 is 18.3 Å². The number of ether oxygens (including phenoxy) is 7. The number of nitrogens with one attached hydrogen (secondary N) is 2. The van der Waals surface area contributed by atoms with E-state index in [0.717, 1.165) is 117 Å². The summed E-state index contributed by atoms with van der Waals surface area (Å²) in [5.41, 5.74) is 8.86. The number of carbonyl (C=O) groups excluding carboxylic acids is 6. The van der Waals surface area contributed by atoms with E-state index < -0.39 is 16.8 Å². The van der Waals surface area contributed by atoms with Gasteiger partial charge in [0, 0.05) is 73.5 Å². The predicted molar refractivity (Wildman–Crippen MR) is 432 cm³/mol. The standard InChI is InChI=1S/C31H36N2O5.C26H28N2O3.C22H28N2O2.C10H17NO3/c1-31(2,3)38-30(35)32-18-10-15-26(32)21-33(29(34)24-16-17-27(36-4)28(20-24)37-5)25-14-9-13-23(19-25)22-11-7-6-8-12-22;1-30-24-14-13-21(17-25(24)31-2)26(29)28(18-22-11-7-15-27-22)23-12-6-10-20(16-23)19-8-4-3-5-9-19;1-22(2,3)26-21(25)24-14-8-13-20(24)16-23-19-12-7-11-18(15-19)17-9-5-4-6-10-17;1-10(2,3)14-9(13)11-6-4-5-8(11)7-12/h6-9,11-14,16-17,19-20,26H,10,15,18,21H2,1-5H3;3-6,8-10,12-14,16-17,22,27H,7,11,15,18H2,1-2H3;4-7,9-12,15,20,23H,8,13-14,16H2,1-3H3;7-8H,4-6H2,1-3H3/t26-;22-;20-;8-/m0000/s1. The number of hydrogen-bond acceptors (Lipinski definition) is 15. The molecule has 0 bridgehead atoms. The van der Waals surface area contributed by atoms with E-state index in [4.69, 9.17) is 33.2 Å². The maximum absolute atomic E-state index is 14.0. The molecule has 8 aromatic rings. The zero-order valence-electron chi connectivity index (χ0n) is 65.6. The van der Waals surface area contributed by atoms with Crippen molar-refractivity contribution in [3.63, 3.8) is 0 Å². The lowest BCUT2D eigenvalue weighted by Crippen LogP contribution is -2.47. The fourth-order valence-electron chi connectivity index (χ4n) is 13.5. The fraction of sp³-hybridized carbons (Fsp3) is 0.393. The molecule has 4 atom stereocenters. The molecule has 0 aliphatic carbocycles. The lowest BCUT2D eigenvalue weighted by atomic mass is 10.0. The third-order valence-electron chi connectivity index (χ3n) is 18.8. The Labute approximate surface area is 643 Å². The lowest BCUT2D eigenvalue weighted by Gasteiger charge is -2.32. The summed E-state index contributed by atoms with van der Waals surface area (Å²) in [6, 6.07) is 65.6. The van der Waals surface area contributed by atoms with Crippen molar-refractivity contribution >= 4 is 53.4 Å². The van der Waals surface area contributed by atoms with E-state index >= 15 is 0 Å². The molecule has 12 rings (SSSR count). The lowest BCUT2D eigenvalue weighted by molar-refractivity contribution is -0.111. The molecule has 4 saturated heterocycles. The molecule has 0 aromatic heterocycles. The van der Waals surface area contributed by atoms with Crippen LogP contribution in [0.5, 0.6) is 23.0 Å². The molecular weight excluding hydrogens is 1380 g/mol. The first-order valence-corrected chi connectivity index (χ1v) is 37.7. The van der Waals surface area contributed by atoms with Crippen LogP contribution < -0.4 is 39.4 Å². The smallest absolute Gasteiger partial charge is 0.410 e. The number of aldehydes is 1. The fourth-order valence-corrected chi connectivity index (χ4v) is 13.5. The predicted octanol–water partition coefficient (Wildman–Crippen LogP) is 17.9. The van der Waals surface area contributed by atoms with Crippen LogP contribution in [0.2, 0.25) is 0 Å². The molecular formula is C89H109N7O13. The Morgan fingerprint density at radius 3 is 1.25 bits per heavy atom. The molecule has 20 heteroatoms. The van der Waals surface area contributed by atoms with Gasteiger partial charge in [0.05, 0.1) is 46.6 Å². The highest BCUT2D eigenvalue weighted by molar-refractivity contribution is 6.08. The second-order valence-electron chi connectivity index (χ2n) is 30.4. The Balaban J connectivity index is 0.000000175. The topological polar surface area (TPSA) is 207 Å². The second-order valence-corrected chi connectivity index (χ2v) is 30.4. The first kappa shape index (κ1) is 82.2. The highest BCUT2D eigenvalue weighted by Crippen LogP contribution is 2.35. The number of rotatable bonds is 19. The molecule has 8 aromatic carbocycles. The summed E-state index contributed by atoms with van der Waals surface area (Å²) in [6.45, 7) is 21.4. The molecule has 578 valence electrons. The van der Waals surface area contributed by atoms with Gasteiger partial charge in [-0.25, -0.2) is 14.4 Å². The van der Waals surface area contributed by atoms with Crippen LogP contribution in [0.3, 0.4) is 0 Å². The molecule has 4 fully saturated rings. The Kier molecular flexibility index (Phi) is 29.3. The van der Waals surface area contributed by atoms with E-state index in [-0.39, 0.29) is 54.3 Å². The van der Waals surface area contributed by atoms with Crippen molar-refractivity contribution in [2.45, 2.75) is 155 Å². The Bertz CT molecular complexity index is 4290. The molecule has 2 N–H and O–H groups in total. The summed E-state index contributed by atoms with van der Waals surface area (Å²) < 4.78 is 37.9. The van der Waals surface area contributed by atoms with Crippen LogP contribution in [-0.4, -0.2) is 166 Å². The van der Waals surface area contributed by atoms with Crippen molar-refractivity contribution in [1.82, 2.24) is 20.0 Å². The van der Waals surface area contributed by atoms with Gasteiger partial charge in [0.15, 0.2) is 23.0 Å². The SMILES string of the molecule is CC(C)(C)OC(=O)N1CCC[C@H]1C=O.CC(C)(C)OC(=O)N1CCC[C@H]1CNc1cccc(-c2ccccc2)c1.COc1ccc(C(=O)N(C[C@@H]2CCCN2)c2cccc(-c3ccccc3)c2)cc1OC.COc1ccc(C(=O)N(C[C@@H]2CCCN2C(=O)OC(C)(C)C)c2cccc(-c3ccccc3)c2)cc1OC.